The number of carbonyl (C=O) groups excluding carboxylic acids is 1. The van der Waals surface area contributed by atoms with Gasteiger partial charge in [0.1, 0.15) is 0 Å². The molecule has 2 aliphatic rings. The number of fused-ring (bicyclic) bond motifs is 3. The second kappa shape index (κ2) is 5.47. The minimum Gasteiger partial charge on any atom is -0.465 e. The second-order valence-corrected chi connectivity index (χ2v) is 6.00. The van der Waals surface area contributed by atoms with Gasteiger partial charge in [-0.25, -0.2) is 4.79 Å². The maximum absolute atomic E-state index is 12.9. The van der Waals surface area contributed by atoms with Crippen LogP contribution in [0, 0.1) is 0 Å². The van der Waals surface area contributed by atoms with E-state index in [2.05, 4.69) is 5.10 Å². The van der Waals surface area contributed by atoms with Crippen LogP contribution in [0.5, 0.6) is 0 Å². The summed E-state index contributed by atoms with van der Waals surface area (Å²) in [5.74, 6) is -0.00492. The molecular weight excluding hydrogens is 284 g/mol. The third-order valence-corrected chi connectivity index (χ3v) is 4.12. The maximum Gasteiger partial charge on any atom is 0.407 e. The van der Waals surface area contributed by atoms with E-state index < -0.39 is 6.09 Å². The van der Waals surface area contributed by atoms with E-state index in [1.165, 1.54) is 4.90 Å². The van der Waals surface area contributed by atoms with Crippen molar-refractivity contribution in [3.05, 3.63) is 28.7 Å². The minimum absolute atomic E-state index is 0.00492. The van der Waals surface area contributed by atoms with Gasteiger partial charge in [-0.15, -0.1) is 0 Å². The number of aryl methyl sites for hydroxylation is 1. The Bertz CT molecular complexity index is 660. The smallest absolute Gasteiger partial charge is 0.407 e. The van der Waals surface area contributed by atoms with Crippen LogP contribution in [0.3, 0.4) is 0 Å². The monoisotopic (exact) mass is 304 g/mol. The molecule has 1 N–H and O–H groups in total. The van der Waals surface area contributed by atoms with E-state index in [0.717, 1.165) is 36.2 Å². The molecule has 0 saturated heterocycles. The van der Waals surface area contributed by atoms with Crippen LogP contribution in [-0.2, 0) is 19.5 Å². The highest BCUT2D eigenvalue weighted by Gasteiger charge is 2.32. The van der Waals surface area contributed by atoms with Crippen LogP contribution in [-0.4, -0.2) is 57.2 Å². The fourth-order valence-corrected chi connectivity index (χ4v) is 3.13. The molecular formula is C15H20N4O3. The number of nitrogens with zero attached hydrogens (tertiary/aromatic N) is 4. The molecule has 2 heterocycles. The molecule has 0 radical (unpaired) electrons. The summed E-state index contributed by atoms with van der Waals surface area (Å²) in [6.45, 7) is 1.16. The molecule has 0 atom stereocenters. The van der Waals surface area contributed by atoms with E-state index >= 15 is 0 Å². The zero-order chi connectivity index (χ0) is 15.9. The van der Waals surface area contributed by atoms with Crippen molar-refractivity contribution >= 4 is 11.9 Å². The van der Waals surface area contributed by atoms with E-state index in [0.29, 0.717) is 18.7 Å². The van der Waals surface area contributed by atoms with Gasteiger partial charge in [0.2, 0.25) is 0 Å². The first-order valence-corrected chi connectivity index (χ1v) is 7.45. The Morgan fingerprint density at radius 2 is 2.09 bits per heavy atom. The maximum atomic E-state index is 12.9. The Kier molecular flexibility index (Phi) is 3.64. The fourth-order valence-electron chi connectivity index (χ4n) is 3.13. The Labute approximate surface area is 128 Å². The lowest BCUT2D eigenvalue weighted by molar-refractivity contribution is 0.102. The normalized spacial score (nSPS) is 19.6. The summed E-state index contributed by atoms with van der Waals surface area (Å²) >= 11 is 0. The topological polar surface area (TPSA) is 78.7 Å². The molecule has 0 fully saturated rings. The molecule has 22 heavy (non-hydrogen) atoms. The van der Waals surface area contributed by atoms with Crippen LogP contribution in [0.1, 0.15) is 34.6 Å². The van der Waals surface area contributed by atoms with Crippen LogP contribution < -0.4 is 0 Å². The van der Waals surface area contributed by atoms with Gasteiger partial charge in [0, 0.05) is 32.4 Å². The van der Waals surface area contributed by atoms with E-state index in [-0.39, 0.29) is 12.3 Å². The molecule has 118 valence electrons. The molecule has 0 spiro atoms. The number of allylic oxidation sites excluding steroid dienone is 1. The summed E-state index contributed by atoms with van der Waals surface area (Å²) in [5, 5.41) is 13.7. The first-order valence-electron chi connectivity index (χ1n) is 7.45. The molecule has 1 aromatic heterocycles. The second-order valence-electron chi connectivity index (χ2n) is 6.00. The van der Waals surface area contributed by atoms with Crippen molar-refractivity contribution in [1.82, 2.24) is 19.6 Å². The van der Waals surface area contributed by atoms with Crippen LogP contribution in [0.4, 0.5) is 4.79 Å². The molecule has 0 unspecified atom stereocenters. The molecule has 7 heteroatoms. The summed E-state index contributed by atoms with van der Waals surface area (Å²) in [6.07, 6.45) is 3.29. The zero-order valence-corrected chi connectivity index (χ0v) is 12.9. The first kappa shape index (κ1) is 14.6. The van der Waals surface area contributed by atoms with Crippen molar-refractivity contribution in [3.63, 3.8) is 0 Å². The lowest BCUT2D eigenvalue weighted by atomic mass is 10.0. The number of aromatic nitrogens is 2. The number of carboxylic acid groups (broad SMARTS) is 1. The van der Waals surface area contributed by atoms with Gasteiger partial charge in [-0.1, -0.05) is 0 Å². The molecule has 1 aromatic rings. The number of rotatable bonds is 1. The third kappa shape index (κ3) is 2.47. The van der Waals surface area contributed by atoms with Gasteiger partial charge in [-0.2, -0.15) is 5.10 Å². The number of ketones is 1. The molecule has 1 amide bonds. The molecule has 3 rings (SSSR count). The van der Waals surface area contributed by atoms with Gasteiger partial charge in [-0.3, -0.25) is 9.48 Å². The summed E-state index contributed by atoms with van der Waals surface area (Å²) < 4.78 is 1.81. The summed E-state index contributed by atoms with van der Waals surface area (Å²) in [7, 11) is 3.79. The molecule has 7 nitrogen and oxygen atoms in total. The Balaban J connectivity index is 2.03. The van der Waals surface area contributed by atoms with E-state index in [4.69, 9.17) is 0 Å². The Morgan fingerprint density at radius 3 is 2.77 bits per heavy atom. The molecule has 0 bridgehead atoms. The van der Waals surface area contributed by atoms with Crippen molar-refractivity contribution in [2.75, 3.05) is 20.6 Å². The summed E-state index contributed by atoms with van der Waals surface area (Å²) in [4.78, 5) is 27.3. The molecule has 1 aliphatic heterocycles. The van der Waals surface area contributed by atoms with E-state index in [9.17, 15) is 14.7 Å². The average Bonchev–Trinajstić information content (AvgIpc) is 2.74. The van der Waals surface area contributed by atoms with Crippen molar-refractivity contribution in [1.29, 1.82) is 0 Å². The van der Waals surface area contributed by atoms with E-state index in [1.54, 1.807) is 4.68 Å². The van der Waals surface area contributed by atoms with Crippen LogP contribution in [0.25, 0.3) is 0 Å². The van der Waals surface area contributed by atoms with Gasteiger partial charge in [0.15, 0.2) is 5.78 Å². The highest BCUT2D eigenvalue weighted by molar-refractivity contribution is 6.10. The average molecular weight is 304 g/mol. The molecule has 0 aromatic carbocycles. The minimum atomic E-state index is -0.952. The van der Waals surface area contributed by atoms with Crippen molar-refractivity contribution in [2.45, 2.75) is 32.4 Å². The summed E-state index contributed by atoms with van der Waals surface area (Å²) in [5.41, 5.74) is 2.94. The quantitative estimate of drug-likeness (QED) is 0.626. The standard InChI is InChI=1S/C15H20N4O3/c1-17(2)8-10-4-3-5-11-13(14(10)20)12-9-18(15(21)22)6-7-19(12)16-11/h8H,3-7,9H2,1-2H3,(H,21,22)/b10-8+. The summed E-state index contributed by atoms with van der Waals surface area (Å²) in [6, 6.07) is 0. The number of amides is 1. The van der Waals surface area contributed by atoms with Crippen molar-refractivity contribution in [2.24, 2.45) is 0 Å². The van der Waals surface area contributed by atoms with Gasteiger partial charge in [-0.05, 0) is 19.3 Å². The number of hydrogen-bond donors (Lipinski definition) is 1. The Morgan fingerprint density at radius 1 is 1.32 bits per heavy atom. The molecule has 1 aliphatic carbocycles. The highest BCUT2D eigenvalue weighted by atomic mass is 16.4. The van der Waals surface area contributed by atoms with Crippen LogP contribution in [0.2, 0.25) is 0 Å². The third-order valence-electron chi connectivity index (χ3n) is 4.12. The molecule has 0 saturated carbocycles. The van der Waals surface area contributed by atoms with Crippen LogP contribution in [0.15, 0.2) is 11.8 Å². The lowest BCUT2D eigenvalue weighted by Gasteiger charge is -2.25. The lowest BCUT2D eigenvalue weighted by Crippen LogP contribution is -2.38. The SMILES string of the molecule is CN(C)/C=C1\CCCc2nn3c(c2C1=O)CN(C(=O)O)CC3. The zero-order valence-electron chi connectivity index (χ0n) is 12.9. The van der Waals surface area contributed by atoms with E-state index in [1.807, 2.05) is 25.2 Å². The first-order chi connectivity index (χ1) is 10.5. The van der Waals surface area contributed by atoms with Crippen molar-refractivity contribution < 1.29 is 14.7 Å². The van der Waals surface area contributed by atoms with Gasteiger partial charge < -0.3 is 14.9 Å². The van der Waals surface area contributed by atoms with Gasteiger partial charge >= 0.3 is 6.09 Å². The predicted molar refractivity (Wildman–Crippen MR) is 79.7 cm³/mol. The largest absolute Gasteiger partial charge is 0.465 e. The van der Waals surface area contributed by atoms with Crippen LogP contribution >= 0.6 is 0 Å². The number of carbonyl (C=O) groups is 2. The predicted octanol–water partition coefficient (Wildman–Crippen LogP) is 1.34. The Hall–Kier alpha value is -2.31. The van der Waals surface area contributed by atoms with Gasteiger partial charge in [0.05, 0.1) is 30.0 Å². The van der Waals surface area contributed by atoms with Gasteiger partial charge in [0.25, 0.3) is 0 Å². The fraction of sp³-hybridized carbons (Fsp3) is 0.533. The number of Topliss-reactive ketones (excluding diaryl/α,β-unsaturated/α-hetero) is 1. The van der Waals surface area contributed by atoms with Crippen molar-refractivity contribution in [3.8, 4) is 0 Å². The number of hydrogen-bond acceptors (Lipinski definition) is 4. The highest BCUT2D eigenvalue weighted by Crippen LogP contribution is 2.29.